The summed E-state index contributed by atoms with van der Waals surface area (Å²) in [6, 6.07) is 4.86. The second kappa shape index (κ2) is 4.18. The van der Waals surface area contributed by atoms with Gasteiger partial charge in [0.25, 0.3) is 5.56 Å². The van der Waals surface area contributed by atoms with Gasteiger partial charge in [0.15, 0.2) is 0 Å². The van der Waals surface area contributed by atoms with Gasteiger partial charge in [-0.3, -0.25) is 4.79 Å². The summed E-state index contributed by atoms with van der Waals surface area (Å²) >= 11 is 0. The second-order valence-electron chi connectivity index (χ2n) is 3.06. The van der Waals surface area contributed by atoms with Crippen LogP contribution in [-0.2, 0) is 7.05 Å². The maximum atomic E-state index is 11.6. The minimum atomic E-state index is -0.140. The van der Waals surface area contributed by atoms with Gasteiger partial charge >= 0.3 is 0 Å². The van der Waals surface area contributed by atoms with E-state index in [0.29, 0.717) is 22.1 Å². The van der Waals surface area contributed by atoms with Crippen LogP contribution in [0.5, 0.6) is 0 Å². The van der Waals surface area contributed by atoms with E-state index in [9.17, 15) is 10.0 Å². The number of nitrogens with zero attached hydrogens (tertiary/aromatic N) is 2. The molecular weight excluding hydrogens is 198 g/mol. The van der Waals surface area contributed by atoms with E-state index in [4.69, 9.17) is 0 Å². The van der Waals surface area contributed by atoms with Crippen molar-refractivity contribution >= 4 is 16.6 Å². The Hall–Kier alpha value is -1.76. The third kappa shape index (κ3) is 1.86. The number of benzene rings is 1. The number of rotatable bonds is 1. The van der Waals surface area contributed by atoms with Crippen molar-refractivity contribution in [3.05, 3.63) is 40.1 Å². The van der Waals surface area contributed by atoms with Crippen molar-refractivity contribution < 1.29 is 11.0 Å². The minimum absolute atomic E-state index is 0. The lowest BCUT2D eigenvalue weighted by atomic mass is 10.2. The standard InChI is InChI=1S/C9H9N3O2.H2O/c1-12-5-10-8-3-2-6(11-14)4-7(8)9(12)13;/h2-5H,11H2,1H3;1H2. The van der Waals surface area contributed by atoms with E-state index in [1.165, 1.54) is 10.9 Å². The van der Waals surface area contributed by atoms with E-state index in [0.717, 1.165) is 0 Å². The van der Waals surface area contributed by atoms with E-state index < -0.39 is 0 Å². The summed E-state index contributed by atoms with van der Waals surface area (Å²) in [7, 11) is 1.63. The normalized spacial score (nSPS) is 10.0. The van der Waals surface area contributed by atoms with Crippen LogP contribution < -0.4 is 11.0 Å². The number of hydrogen-bond acceptors (Lipinski definition) is 3. The van der Waals surface area contributed by atoms with E-state index in [1.54, 1.807) is 25.2 Å². The summed E-state index contributed by atoms with van der Waals surface area (Å²) in [4.78, 5) is 15.7. The molecule has 0 atom stereocenters. The third-order valence-corrected chi connectivity index (χ3v) is 2.08. The van der Waals surface area contributed by atoms with Crippen LogP contribution in [0.2, 0.25) is 0 Å². The highest BCUT2D eigenvalue weighted by Crippen LogP contribution is 2.09. The molecule has 15 heavy (non-hydrogen) atoms. The predicted octanol–water partition coefficient (Wildman–Crippen LogP) is -1.20. The molecule has 0 aliphatic carbocycles. The minimum Gasteiger partial charge on any atom is -0.630 e. The van der Waals surface area contributed by atoms with Gasteiger partial charge in [0, 0.05) is 19.2 Å². The van der Waals surface area contributed by atoms with Crippen molar-refractivity contribution in [2.75, 3.05) is 0 Å². The van der Waals surface area contributed by atoms with Gasteiger partial charge in [0.2, 0.25) is 0 Å². The molecule has 0 unspecified atom stereocenters. The number of nitrogens with two attached hydrogens (primary N) is 1. The highest BCUT2D eigenvalue weighted by Gasteiger charge is 2.02. The Labute approximate surface area is 85.1 Å². The Morgan fingerprint density at radius 2 is 2.20 bits per heavy atom. The number of hydrogen-bond donors (Lipinski definition) is 1. The molecule has 1 aromatic carbocycles. The van der Waals surface area contributed by atoms with Crippen LogP contribution in [0.15, 0.2) is 29.3 Å². The van der Waals surface area contributed by atoms with E-state index >= 15 is 0 Å². The molecule has 0 fully saturated rings. The monoisotopic (exact) mass is 209 g/mol. The molecule has 1 aromatic heterocycles. The van der Waals surface area contributed by atoms with Gasteiger partial charge in [-0.1, -0.05) is 0 Å². The molecule has 0 bridgehead atoms. The lowest BCUT2D eigenvalue weighted by molar-refractivity contribution is -0.497. The molecule has 0 amide bonds. The zero-order valence-corrected chi connectivity index (χ0v) is 8.10. The molecule has 6 nitrogen and oxygen atoms in total. The summed E-state index contributed by atoms with van der Waals surface area (Å²) in [5.41, 5.74) is 1.67. The summed E-state index contributed by atoms with van der Waals surface area (Å²) < 4.78 is 1.39. The van der Waals surface area contributed by atoms with Gasteiger partial charge in [0.05, 0.1) is 17.2 Å². The molecule has 80 valence electrons. The molecule has 0 saturated heterocycles. The molecule has 2 aromatic rings. The molecule has 0 aliphatic rings. The average Bonchev–Trinajstić information content (AvgIpc) is 2.23. The lowest BCUT2D eigenvalue weighted by Crippen LogP contribution is -2.70. The predicted molar refractivity (Wildman–Crippen MR) is 55.6 cm³/mol. The molecule has 0 spiro atoms. The van der Waals surface area contributed by atoms with Crippen molar-refractivity contribution in [2.45, 2.75) is 0 Å². The van der Waals surface area contributed by atoms with Crippen LogP contribution in [-0.4, -0.2) is 15.0 Å². The fourth-order valence-corrected chi connectivity index (χ4v) is 1.30. The van der Waals surface area contributed by atoms with Crippen LogP contribution in [0.4, 0.5) is 5.69 Å². The Bertz CT molecular complexity index is 536. The van der Waals surface area contributed by atoms with Gasteiger partial charge in [-0.05, 0) is 6.07 Å². The van der Waals surface area contributed by atoms with Gasteiger partial charge in [-0.15, -0.1) is 0 Å². The highest BCUT2D eigenvalue weighted by molar-refractivity contribution is 5.79. The van der Waals surface area contributed by atoms with Crippen LogP contribution >= 0.6 is 0 Å². The van der Waals surface area contributed by atoms with Gasteiger partial charge in [-0.2, -0.15) is 0 Å². The van der Waals surface area contributed by atoms with Crippen LogP contribution in [0.3, 0.4) is 0 Å². The van der Waals surface area contributed by atoms with Gasteiger partial charge in [0.1, 0.15) is 5.69 Å². The SMILES string of the molecule is Cn1cnc2ccc([NH2+][O-])cc2c1=O.O. The fraction of sp³-hybridized carbons (Fsp3) is 0.111. The van der Waals surface area contributed by atoms with Crippen LogP contribution in [0, 0.1) is 5.21 Å². The number of fused-ring (bicyclic) bond motifs is 1. The molecule has 1 heterocycles. The number of aryl methyl sites for hydroxylation is 1. The van der Waals surface area contributed by atoms with E-state index in [-0.39, 0.29) is 11.0 Å². The van der Waals surface area contributed by atoms with Gasteiger partial charge in [-0.25, -0.2) is 4.98 Å². The van der Waals surface area contributed by atoms with E-state index in [2.05, 4.69) is 4.98 Å². The topological polar surface area (TPSA) is 106 Å². The van der Waals surface area contributed by atoms with Gasteiger partial charge < -0.3 is 20.7 Å². The Balaban J connectivity index is 0.00000112. The third-order valence-electron chi connectivity index (χ3n) is 2.08. The molecular formula is C9H11N3O3. The highest BCUT2D eigenvalue weighted by atomic mass is 16.5. The smallest absolute Gasteiger partial charge is 0.261 e. The zero-order chi connectivity index (χ0) is 10.1. The van der Waals surface area contributed by atoms with E-state index in [1.807, 2.05) is 0 Å². The van der Waals surface area contributed by atoms with Crippen LogP contribution in [0.25, 0.3) is 10.9 Å². The number of quaternary nitrogens is 1. The zero-order valence-electron chi connectivity index (χ0n) is 8.10. The lowest BCUT2D eigenvalue weighted by Gasteiger charge is -2.03. The largest absolute Gasteiger partial charge is 0.630 e. The number of aromatic nitrogens is 2. The summed E-state index contributed by atoms with van der Waals surface area (Å²) in [5, 5.41) is 11.0. The Morgan fingerprint density at radius 1 is 1.47 bits per heavy atom. The second-order valence-corrected chi connectivity index (χ2v) is 3.06. The summed E-state index contributed by atoms with van der Waals surface area (Å²) in [6.07, 6.45) is 1.46. The van der Waals surface area contributed by atoms with Crippen molar-refractivity contribution in [3.8, 4) is 0 Å². The summed E-state index contributed by atoms with van der Waals surface area (Å²) in [5.74, 6) is 0. The first-order valence-corrected chi connectivity index (χ1v) is 4.13. The first-order chi connectivity index (χ1) is 6.72. The van der Waals surface area contributed by atoms with Crippen molar-refractivity contribution in [1.29, 1.82) is 0 Å². The molecule has 4 N–H and O–H groups in total. The first-order valence-electron chi connectivity index (χ1n) is 4.13. The Kier molecular flexibility index (Phi) is 3.15. The molecule has 0 aliphatic heterocycles. The molecule has 0 radical (unpaired) electrons. The molecule has 2 rings (SSSR count). The van der Waals surface area contributed by atoms with Crippen LogP contribution in [0.1, 0.15) is 0 Å². The molecule has 0 saturated carbocycles. The quantitative estimate of drug-likeness (QED) is 0.471. The first kappa shape index (κ1) is 11.3. The molecule has 6 heteroatoms. The maximum Gasteiger partial charge on any atom is 0.261 e. The Morgan fingerprint density at radius 3 is 2.87 bits per heavy atom. The summed E-state index contributed by atoms with van der Waals surface area (Å²) in [6.45, 7) is 0. The van der Waals surface area contributed by atoms with Crippen molar-refractivity contribution in [2.24, 2.45) is 7.05 Å². The maximum absolute atomic E-state index is 11.6. The fourth-order valence-electron chi connectivity index (χ4n) is 1.30. The van der Waals surface area contributed by atoms with Crippen molar-refractivity contribution in [1.82, 2.24) is 9.55 Å². The average molecular weight is 209 g/mol. The van der Waals surface area contributed by atoms with Crippen molar-refractivity contribution in [3.63, 3.8) is 0 Å².